The lowest BCUT2D eigenvalue weighted by Gasteiger charge is -2.03. The first-order valence-corrected chi connectivity index (χ1v) is 6.66. The second kappa shape index (κ2) is 5.96. The van der Waals surface area contributed by atoms with Crippen molar-refractivity contribution in [2.75, 3.05) is 13.6 Å². The SMILES string of the molecule is CNCCn1nnnc1SCc1c(C)noc1C. The number of thioether (sulfide) groups is 1. The van der Waals surface area contributed by atoms with Crippen molar-refractivity contribution >= 4 is 11.8 Å². The molecule has 7 nitrogen and oxygen atoms in total. The lowest BCUT2D eigenvalue weighted by atomic mass is 10.2. The van der Waals surface area contributed by atoms with Crippen LogP contribution in [0.4, 0.5) is 0 Å². The van der Waals surface area contributed by atoms with E-state index in [1.807, 2.05) is 20.9 Å². The Kier molecular flexibility index (Phi) is 4.32. The van der Waals surface area contributed by atoms with E-state index in [-0.39, 0.29) is 0 Å². The van der Waals surface area contributed by atoms with Crippen LogP contribution in [0.2, 0.25) is 0 Å². The van der Waals surface area contributed by atoms with E-state index in [1.54, 1.807) is 16.4 Å². The van der Waals surface area contributed by atoms with Gasteiger partial charge in [-0.3, -0.25) is 0 Å². The van der Waals surface area contributed by atoms with Crippen molar-refractivity contribution in [2.45, 2.75) is 31.3 Å². The maximum Gasteiger partial charge on any atom is 0.209 e. The highest BCUT2D eigenvalue weighted by Crippen LogP contribution is 2.23. The minimum absolute atomic E-state index is 0.757. The number of likely N-dealkylation sites (N-methyl/N-ethyl adjacent to an activating group) is 1. The Balaban J connectivity index is 2.00. The second-order valence-electron chi connectivity index (χ2n) is 3.88. The number of nitrogens with one attached hydrogen (secondary N) is 1. The van der Waals surface area contributed by atoms with Crippen LogP contribution in [-0.2, 0) is 12.3 Å². The molecule has 2 rings (SSSR count). The molecule has 0 aliphatic heterocycles. The molecule has 2 heterocycles. The van der Waals surface area contributed by atoms with E-state index in [0.29, 0.717) is 0 Å². The van der Waals surface area contributed by atoms with Gasteiger partial charge in [0.2, 0.25) is 5.16 Å². The van der Waals surface area contributed by atoms with Gasteiger partial charge < -0.3 is 9.84 Å². The van der Waals surface area contributed by atoms with Crippen LogP contribution in [0.15, 0.2) is 9.68 Å². The topological polar surface area (TPSA) is 81.7 Å². The summed E-state index contributed by atoms with van der Waals surface area (Å²) >= 11 is 1.59. The number of hydrogen-bond donors (Lipinski definition) is 1. The minimum atomic E-state index is 0.757. The zero-order chi connectivity index (χ0) is 13.0. The van der Waals surface area contributed by atoms with Crippen molar-refractivity contribution in [2.24, 2.45) is 0 Å². The molecule has 2 aromatic rings. The van der Waals surface area contributed by atoms with Gasteiger partial charge >= 0.3 is 0 Å². The van der Waals surface area contributed by atoms with E-state index in [4.69, 9.17) is 4.52 Å². The molecule has 1 N–H and O–H groups in total. The highest BCUT2D eigenvalue weighted by molar-refractivity contribution is 7.98. The zero-order valence-corrected chi connectivity index (χ0v) is 11.5. The highest BCUT2D eigenvalue weighted by Gasteiger charge is 2.12. The average Bonchev–Trinajstić information content (AvgIpc) is 2.93. The molecule has 0 fully saturated rings. The fraction of sp³-hybridized carbons (Fsp3) is 0.600. The van der Waals surface area contributed by atoms with Crippen LogP contribution in [0.25, 0.3) is 0 Å². The standard InChI is InChI=1S/C10H16N6OS/c1-7-9(8(2)17-13-7)6-18-10-12-14-15-16(10)5-4-11-3/h11H,4-6H2,1-3H3. The number of aryl methyl sites for hydroxylation is 2. The molecule has 0 radical (unpaired) electrons. The van der Waals surface area contributed by atoms with E-state index >= 15 is 0 Å². The van der Waals surface area contributed by atoms with Crippen LogP contribution in [0.1, 0.15) is 17.0 Å². The van der Waals surface area contributed by atoms with E-state index in [0.717, 1.165) is 41.0 Å². The molecular formula is C10H16N6OS. The van der Waals surface area contributed by atoms with Crippen molar-refractivity contribution < 1.29 is 4.52 Å². The molecule has 0 atom stereocenters. The summed E-state index contributed by atoms with van der Waals surface area (Å²) in [5.41, 5.74) is 2.04. The minimum Gasteiger partial charge on any atom is -0.361 e. The van der Waals surface area contributed by atoms with Gasteiger partial charge in [0.05, 0.1) is 12.2 Å². The van der Waals surface area contributed by atoms with Crippen molar-refractivity contribution in [3.63, 3.8) is 0 Å². The number of aromatic nitrogens is 5. The smallest absolute Gasteiger partial charge is 0.209 e. The van der Waals surface area contributed by atoms with Crippen molar-refractivity contribution in [3.05, 3.63) is 17.0 Å². The zero-order valence-electron chi connectivity index (χ0n) is 10.7. The first kappa shape index (κ1) is 13.0. The number of rotatable bonds is 6. The van der Waals surface area contributed by atoms with Gasteiger partial charge in [-0.1, -0.05) is 16.9 Å². The van der Waals surface area contributed by atoms with E-state index in [2.05, 4.69) is 26.0 Å². The number of nitrogens with zero attached hydrogens (tertiary/aromatic N) is 5. The van der Waals surface area contributed by atoms with Crippen molar-refractivity contribution in [1.29, 1.82) is 0 Å². The summed E-state index contributed by atoms with van der Waals surface area (Å²) in [7, 11) is 1.90. The van der Waals surface area contributed by atoms with Crippen LogP contribution < -0.4 is 5.32 Å². The van der Waals surface area contributed by atoms with Crippen LogP contribution in [0, 0.1) is 13.8 Å². The molecule has 0 unspecified atom stereocenters. The van der Waals surface area contributed by atoms with Crippen LogP contribution in [0.5, 0.6) is 0 Å². The molecule has 0 aliphatic rings. The Hall–Kier alpha value is -1.41. The first-order valence-electron chi connectivity index (χ1n) is 5.67. The van der Waals surface area contributed by atoms with Crippen LogP contribution >= 0.6 is 11.8 Å². The Morgan fingerprint density at radius 1 is 1.39 bits per heavy atom. The third-order valence-electron chi connectivity index (χ3n) is 2.60. The first-order chi connectivity index (χ1) is 8.72. The summed E-state index contributed by atoms with van der Waals surface area (Å²) in [6, 6.07) is 0. The maximum absolute atomic E-state index is 5.13. The summed E-state index contributed by atoms with van der Waals surface area (Å²) in [4.78, 5) is 0. The summed E-state index contributed by atoms with van der Waals surface area (Å²) in [5, 5.41) is 19.5. The van der Waals surface area contributed by atoms with Crippen LogP contribution in [0.3, 0.4) is 0 Å². The molecule has 0 saturated heterocycles. The normalized spacial score (nSPS) is 11.1. The summed E-state index contributed by atoms with van der Waals surface area (Å²) in [6.45, 7) is 5.45. The monoisotopic (exact) mass is 268 g/mol. The predicted molar refractivity (Wildman–Crippen MR) is 67.3 cm³/mol. The van der Waals surface area contributed by atoms with E-state index in [1.165, 1.54) is 0 Å². The number of tetrazole rings is 1. The highest BCUT2D eigenvalue weighted by atomic mass is 32.2. The van der Waals surface area contributed by atoms with Crippen molar-refractivity contribution in [3.8, 4) is 0 Å². The third kappa shape index (κ3) is 2.88. The van der Waals surface area contributed by atoms with Gasteiger partial charge in [-0.25, -0.2) is 4.68 Å². The average molecular weight is 268 g/mol. The molecule has 0 amide bonds. The quantitative estimate of drug-likeness (QED) is 0.775. The molecular weight excluding hydrogens is 252 g/mol. The fourth-order valence-electron chi connectivity index (χ4n) is 1.50. The van der Waals surface area contributed by atoms with Gasteiger partial charge in [-0.05, 0) is 31.3 Å². The Morgan fingerprint density at radius 2 is 2.22 bits per heavy atom. The van der Waals surface area contributed by atoms with Crippen molar-refractivity contribution in [1.82, 2.24) is 30.7 Å². The van der Waals surface area contributed by atoms with Crippen LogP contribution in [-0.4, -0.2) is 39.0 Å². The van der Waals surface area contributed by atoms with Gasteiger partial charge in [0.1, 0.15) is 5.76 Å². The molecule has 0 saturated carbocycles. The molecule has 0 aliphatic carbocycles. The Bertz CT molecular complexity index is 489. The molecule has 0 bridgehead atoms. The largest absolute Gasteiger partial charge is 0.361 e. The summed E-state index contributed by atoms with van der Waals surface area (Å²) < 4.78 is 6.92. The number of hydrogen-bond acceptors (Lipinski definition) is 7. The lowest BCUT2D eigenvalue weighted by Crippen LogP contribution is -2.16. The molecule has 18 heavy (non-hydrogen) atoms. The van der Waals surface area contributed by atoms with Gasteiger partial charge in [0.25, 0.3) is 0 Å². The molecule has 2 aromatic heterocycles. The van der Waals surface area contributed by atoms with Gasteiger partial charge in [-0.15, -0.1) is 5.10 Å². The van der Waals surface area contributed by atoms with Gasteiger partial charge in [0.15, 0.2) is 0 Å². The molecule has 8 heteroatoms. The van der Waals surface area contributed by atoms with E-state index < -0.39 is 0 Å². The Labute approximate surface area is 109 Å². The van der Waals surface area contributed by atoms with Gasteiger partial charge in [-0.2, -0.15) is 0 Å². The maximum atomic E-state index is 5.13. The van der Waals surface area contributed by atoms with Gasteiger partial charge in [0, 0.05) is 17.9 Å². The Morgan fingerprint density at radius 3 is 2.89 bits per heavy atom. The summed E-state index contributed by atoms with van der Waals surface area (Å²) in [5.74, 6) is 1.62. The summed E-state index contributed by atoms with van der Waals surface area (Å²) in [6.07, 6.45) is 0. The second-order valence-corrected chi connectivity index (χ2v) is 4.82. The molecule has 0 spiro atoms. The predicted octanol–water partition coefficient (Wildman–Crippen LogP) is 0.790. The van der Waals surface area contributed by atoms with E-state index in [9.17, 15) is 0 Å². The third-order valence-corrected chi connectivity index (χ3v) is 3.58. The molecule has 0 aromatic carbocycles. The lowest BCUT2D eigenvalue weighted by molar-refractivity contribution is 0.392. The molecule has 98 valence electrons. The fourth-order valence-corrected chi connectivity index (χ4v) is 2.56.